The number of nitrogens with zero attached hydrogens (tertiary/aromatic N) is 2. The molecule has 0 fully saturated rings. The molecule has 0 bridgehead atoms. The minimum absolute atomic E-state index is 0.239. The molecule has 0 spiro atoms. The Morgan fingerprint density at radius 2 is 2.19 bits per heavy atom. The van der Waals surface area contributed by atoms with E-state index in [1.807, 2.05) is 50.4 Å². The van der Waals surface area contributed by atoms with E-state index in [9.17, 15) is 5.11 Å². The van der Waals surface area contributed by atoms with Crippen LogP contribution in [-0.4, -0.2) is 32.6 Å². The van der Waals surface area contributed by atoms with Crippen molar-refractivity contribution in [1.29, 1.82) is 0 Å². The fourth-order valence-electron chi connectivity index (χ4n) is 2.48. The predicted molar refractivity (Wildman–Crippen MR) is 81.5 cm³/mol. The van der Waals surface area contributed by atoms with E-state index in [0.29, 0.717) is 6.54 Å². The highest BCUT2D eigenvalue weighted by atomic mass is 16.5. The van der Waals surface area contributed by atoms with Crippen molar-refractivity contribution in [2.75, 3.05) is 6.61 Å². The smallest absolute Gasteiger partial charge is 0.128 e. The van der Waals surface area contributed by atoms with Gasteiger partial charge < -0.3 is 14.8 Å². The highest BCUT2D eigenvalue weighted by Crippen LogP contribution is 2.24. The molecule has 5 nitrogen and oxygen atoms in total. The molecule has 0 saturated heterocycles. The van der Waals surface area contributed by atoms with Gasteiger partial charge in [0.1, 0.15) is 18.5 Å². The zero-order valence-electron chi connectivity index (χ0n) is 12.2. The van der Waals surface area contributed by atoms with Crippen LogP contribution in [-0.2, 0) is 6.54 Å². The average Bonchev–Trinajstić information content (AvgIpc) is 3.03. The molecular weight excluding hydrogens is 266 g/mol. The molecule has 0 aliphatic rings. The SMILES string of the molecule is Cc1cc(C)n(CC(O)COc2cccc3[nH]ccc23)n1. The van der Waals surface area contributed by atoms with Gasteiger partial charge in [0.15, 0.2) is 0 Å². The van der Waals surface area contributed by atoms with Gasteiger partial charge in [-0.15, -0.1) is 0 Å². The molecule has 3 rings (SSSR count). The average molecular weight is 285 g/mol. The van der Waals surface area contributed by atoms with Crippen LogP contribution in [0.25, 0.3) is 10.9 Å². The lowest BCUT2D eigenvalue weighted by atomic mass is 10.2. The summed E-state index contributed by atoms with van der Waals surface area (Å²) >= 11 is 0. The molecule has 1 atom stereocenters. The van der Waals surface area contributed by atoms with Crippen LogP contribution in [0.2, 0.25) is 0 Å². The van der Waals surface area contributed by atoms with Crippen molar-refractivity contribution in [2.24, 2.45) is 0 Å². The number of benzene rings is 1. The Balaban J connectivity index is 1.64. The van der Waals surface area contributed by atoms with Crippen LogP contribution in [0.3, 0.4) is 0 Å². The van der Waals surface area contributed by atoms with Gasteiger partial charge in [-0.2, -0.15) is 5.10 Å². The normalized spacial score (nSPS) is 12.7. The molecule has 21 heavy (non-hydrogen) atoms. The Morgan fingerprint density at radius 3 is 2.95 bits per heavy atom. The Hall–Kier alpha value is -2.27. The fourth-order valence-corrected chi connectivity index (χ4v) is 2.48. The third-order valence-corrected chi connectivity index (χ3v) is 3.47. The number of aliphatic hydroxyl groups excluding tert-OH is 1. The number of aryl methyl sites for hydroxylation is 2. The summed E-state index contributed by atoms with van der Waals surface area (Å²) in [5.41, 5.74) is 3.03. The van der Waals surface area contributed by atoms with E-state index in [1.165, 1.54) is 0 Å². The van der Waals surface area contributed by atoms with Gasteiger partial charge in [-0.1, -0.05) is 6.07 Å². The number of H-pyrrole nitrogens is 1. The molecular formula is C16H19N3O2. The monoisotopic (exact) mass is 285 g/mol. The third kappa shape index (κ3) is 2.92. The lowest BCUT2D eigenvalue weighted by Gasteiger charge is -2.14. The number of aromatic amines is 1. The molecule has 0 amide bonds. The lowest BCUT2D eigenvalue weighted by molar-refractivity contribution is 0.0894. The van der Waals surface area contributed by atoms with Crippen molar-refractivity contribution in [3.63, 3.8) is 0 Å². The van der Waals surface area contributed by atoms with Crippen LogP contribution in [0.5, 0.6) is 5.75 Å². The molecule has 2 N–H and O–H groups in total. The Morgan fingerprint density at radius 1 is 1.33 bits per heavy atom. The zero-order chi connectivity index (χ0) is 14.8. The van der Waals surface area contributed by atoms with Gasteiger partial charge in [-0.05, 0) is 38.1 Å². The minimum atomic E-state index is -0.600. The maximum Gasteiger partial charge on any atom is 0.128 e. The number of hydrogen-bond acceptors (Lipinski definition) is 3. The third-order valence-electron chi connectivity index (χ3n) is 3.47. The molecule has 0 saturated carbocycles. The standard InChI is InChI=1S/C16H19N3O2/c1-11-8-12(2)19(18-11)9-13(20)10-21-16-5-3-4-15-14(16)6-7-17-15/h3-8,13,17,20H,9-10H2,1-2H3. The molecule has 0 radical (unpaired) electrons. The van der Waals surface area contributed by atoms with E-state index in [-0.39, 0.29) is 6.61 Å². The molecule has 2 heterocycles. The highest BCUT2D eigenvalue weighted by Gasteiger charge is 2.11. The summed E-state index contributed by atoms with van der Waals surface area (Å²) in [6.45, 7) is 4.60. The molecule has 5 heteroatoms. The lowest BCUT2D eigenvalue weighted by Crippen LogP contribution is -2.24. The van der Waals surface area contributed by atoms with Gasteiger partial charge in [-0.25, -0.2) is 0 Å². The van der Waals surface area contributed by atoms with Crippen LogP contribution in [0.15, 0.2) is 36.5 Å². The van der Waals surface area contributed by atoms with Crippen molar-refractivity contribution in [1.82, 2.24) is 14.8 Å². The highest BCUT2D eigenvalue weighted by molar-refractivity contribution is 5.85. The second-order valence-electron chi connectivity index (χ2n) is 5.27. The van der Waals surface area contributed by atoms with Gasteiger partial charge in [0.2, 0.25) is 0 Å². The summed E-state index contributed by atoms with van der Waals surface area (Å²) in [4.78, 5) is 3.14. The van der Waals surface area contributed by atoms with Gasteiger partial charge in [0.05, 0.1) is 12.2 Å². The van der Waals surface area contributed by atoms with E-state index in [4.69, 9.17) is 4.74 Å². The molecule has 1 unspecified atom stereocenters. The minimum Gasteiger partial charge on any atom is -0.490 e. The van der Waals surface area contributed by atoms with Crippen molar-refractivity contribution in [2.45, 2.75) is 26.5 Å². The summed E-state index contributed by atoms with van der Waals surface area (Å²) in [6.07, 6.45) is 1.28. The largest absolute Gasteiger partial charge is 0.490 e. The first-order valence-corrected chi connectivity index (χ1v) is 7.01. The van der Waals surface area contributed by atoms with Gasteiger partial charge in [-0.3, -0.25) is 4.68 Å². The Kier molecular flexibility index (Phi) is 3.66. The maximum atomic E-state index is 10.1. The second kappa shape index (κ2) is 5.61. The van der Waals surface area contributed by atoms with Gasteiger partial charge >= 0.3 is 0 Å². The second-order valence-corrected chi connectivity index (χ2v) is 5.27. The predicted octanol–water partition coefficient (Wildman–Crippen LogP) is 2.42. The van der Waals surface area contributed by atoms with Crippen LogP contribution >= 0.6 is 0 Å². The number of aliphatic hydroxyl groups is 1. The maximum absolute atomic E-state index is 10.1. The Labute approximate surface area is 123 Å². The number of ether oxygens (including phenoxy) is 1. The molecule has 110 valence electrons. The molecule has 0 aliphatic carbocycles. The quantitative estimate of drug-likeness (QED) is 0.756. The molecule has 3 aromatic rings. The van der Waals surface area contributed by atoms with Crippen molar-refractivity contribution >= 4 is 10.9 Å². The van der Waals surface area contributed by atoms with E-state index >= 15 is 0 Å². The fraction of sp³-hybridized carbons (Fsp3) is 0.312. The van der Waals surface area contributed by atoms with Crippen LogP contribution in [0, 0.1) is 13.8 Å². The number of fused-ring (bicyclic) bond motifs is 1. The number of nitrogens with one attached hydrogen (secondary N) is 1. The molecule has 1 aromatic carbocycles. The van der Waals surface area contributed by atoms with Crippen LogP contribution in [0.4, 0.5) is 0 Å². The van der Waals surface area contributed by atoms with E-state index in [0.717, 1.165) is 28.0 Å². The summed E-state index contributed by atoms with van der Waals surface area (Å²) in [5, 5.41) is 15.5. The molecule has 2 aromatic heterocycles. The van der Waals surface area contributed by atoms with Crippen molar-refractivity contribution in [3.05, 3.63) is 47.9 Å². The topological polar surface area (TPSA) is 63.1 Å². The van der Waals surface area contributed by atoms with E-state index in [1.54, 1.807) is 4.68 Å². The number of rotatable bonds is 5. The van der Waals surface area contributed by atoms with Gasteiger partial charge in [0, 0.05) is 22.8 Å². The first-order valence-electron chi connectivity index (χ1n) is 7.01. The summed E-state index contributed by atoms with van der Waals surface area (Å²) in [5.74, 6) is 0.779. The first-order chi connectivity index (χ1) is 10.1. The summed E-state index contributed by atoms with van der Waals surface area (Å²) in [6, 6.07) is 9.80. The van der Waals surface area contributed by atoms with E-state index < -0.39 is 6.10 Å². The first kappa shape index (κ1) is 13.7. The summed E-state index contributed by atoms with van der Waals surface area (Å²) in [7, 11) is 0. The number of aromatic nitrogens is 3. The van der Waals surface area contributed by atoms with Gasteiger partial charge in [0.25, 0.3) is 0 Å². The Bertz CT molecular complexity index is 745. The van der Waals surface area contributed by atoms with E-state index in [2.05, 4.69) is 10.1 Å². The summed E-state index contributed by atoms with van der Waals surface area (Å²) < 4.78 is 7.55. The number of hydrogen-bond donors (Lipinski definition) is 2. The zero-order valence-corrected chi connectivity index (χ0v) is 12.2. The van der Waals surface area contributed by atoms with Crippen molar-refractivity contribution in [3.8, 4) is 5.75 Å². The van der Waals surface area contributed by atoms with Crippen LogP contribution < -0.4 is 4.74 Å². The van der Waals surface area contributed by atoms with Crippen molar-refractivity contribution < 1.29 is 9.84 Å². The van der Waals surface area contributed by atoms with Crippen LogP contribution in [0.1, 0.15) is 11.4 Å². The molecule has 0 aliphatic heterocycles.